The van der Waals surface area contributed by atoms with Gasteiger partial charge in [0.2, 0.25) is 5.95 Å². The van der Waals surface area contributed by atoms with Gasteiger partial charge in [-0.2, -0.15) is 0 Å². The van der Waals surface area contributed by atoms with Crippen LogP contribution in [0.3, 0.4) is 0 Å². The van der Waals surface area contributed by atoms with E-state index >= 15 is 0 Å². The van der Waals surface area contributed by atoms with Crippen LogP contribution < -0.4 is 4.90 Å². The number of nitrogens with zero attached hydrogens (tertiary/aromatic N) is 4. The van der Waals surface area contributed by atoms with Gasteiger partial charge in [-0.25, -0.2) is 9.97 Å². The van der Waals surface area contributed by atoms with E-state index in [4.69, 9.17) is 0 Å². The van der Waals surface area contributed by atoms with Gasteiger partial charge in [0.1, 0.15) is 11.5 Å². The summed E-state index contributed by atoms with van der Waals surface area (Å²) in [5, 5.41) is 21.7. The van der Waals surface area contributed by atoms with Gasteiger partial charge in [-0.15, -0.1) is 0 Å². The van der Waals surface area contributed by atoms with Gasteiger partial charge < -0.3 is 15.1 Å². The first-order valence-corrected chi connectivity index (χ1v) is 10.5. The van der Waals surface area contributed by atoms with Crippen LogP contribution in [0.2, 0.25) is 0 Å². The van der Waals surface area contributed by atoms with Crippen molar-refractivity contribution in [1.29, 1.82) is 0 Å². The van der Waals surface area contributed by atoms with Crippen LogP contribution in [0.4, 0.5) is 5.95 Å². The average Bonchev–Trinajstić information content (AvgIpc) is 2.72. The molecule has 2 aromatic rings. The Morgan fingerprint density at radius 1 is 1.07 bits per heavy atom. The molecule has 1 aliphatic heterocycles. The number of aromatic hydroxyl groups is 2. The van der Waals surface area contributed by atoms with E-state index in [9.17, 15) is 10.2 Å². The number of aryl methyl sites for hydroxylation is 1. The Morgan fingerprint density at radius 2 is 1.79 bits per heavy atom. The molecular weight excluding hydrogens is 364 g/mol. The van der Waals surface area contributed by atoms with E-state index in [1.807, 2.05) is 19.1 Å². The second-order valence-electron chi connectivity index (χ2n) is 8.28. The normalized spacial score (nSPS) is 20.6. The van der Waals surface area contributed by atoms with Crippen molar-refractivity contribution < 1.29 is 10.2 Å². The highest BCUT2D eigenvalue weighted by atomic mass is 16.3. The topological polar surface area (TPSA) is 72.7 Å². The van der Waals surface area contributed by atoms with Crippen LogP contribution in [0.1, 0.15) is 48.8 Å². The van der Waals surface area contributed by atoms with E-state index in [0.29, 0.717) is 12.1 Å². The molecule has 0 amide bonds. The molecule has 2 N–H and O–H groups in total. The zero-order valence-corrected chi connectivity index (χ0v) is 17.3. The Hall–Kier alpha value is -2.60. The summed E-state index contributed by atoms with van der Waals surface area (Å²) in [6.45, 7) is 8.27. The van der Waals surface area contributed by atoms with E-state index < -0.39 is 0 Å². The predicted octanol–water partition coefficient (Wildman–Crippen LogP) is 3.73. The summed E-state index contributed by atoms with van der Waals surface area (Å²) in [5.41, 5.74) is 3.90. The quantitative estimate of drug-likeness (QED) is 0.770. The Kier molecular flexibility index (Phi) is 5.72. The lowest BCUT2D eigenvalue weighted by molar-refractivity contribution is 0.244. The standard InChI is InChI=1S/C23H30N4O2/c1-16-5-3-6-18(13-16)21-20(28)14-17(2)19(22(21)29)15-26-9-11-27(12-10-26)23-24-7-4-8-25-23/h4,7-8,13-14,18,28-29H,3,5-6,9-12,15H2,1-2H3. The minimum atomic E-state index is 0.0928. The summed E-state index contributed by atoms with van der Waals surface area (Å²) >= 11 is 0. The molecule has 4 rings (SSSR count). The maximum atomic E-state index is 11.1. The second kappa shape index (κ2) is 8.41. The van der Waals surface area contributed by atoms with Gasteiger partial charge >= 0.3 is 0 Å². The predicted molar refractivity (Wildman–Crippen MR) is 114 cm³/mol. The molecule has 6 heteroatoms. The van der Waals surface area contributed by atoms with Crippen LogP contribution >= 0.6 is 0 Å². The Bertz CT molecular complexity index is 889. The molecule has 2 heterocycles. The van der Waals surface area contributed by atoms with E-state index in [-0.39, 0.29) is 17.4 Å². The maximum absolute atomic E-state index is 11.1. The van der Waals surface area contributed by atoms with E-state index in [0.717, 1.165) is 62.5 Å². The molecule has 0 spiro atoms. The summed E-state index contributed by atoms with van der Waals surface area (Å²) in [5.74, 6) is 1.35. The molecule has 1 aromatic heterocycles. The molecule has 0 radical (unpaired) electrons. The number of phenols is 2. The number of aromatic nitrogens is 2. The van der Waals surface area contributed by atoms with Crippen molar-refractivity contribution in [1.82, 2.24) is 14.9 Å². The zero-order chi connectivity index (χ0) is 20.4. The van der Waals surface area contributed by atoms with Crippen LogP contribution in [-0.2, 0) is 6.54 Å². The SMILES string of the molecule is CC1=CC(c2c(O)cc(C)c(CN3CCN(c4ncccn4)CC3)c2O)CCC1. The van der Waals surface area contributed by atoms with Crippen molar-refractivity contribution in [2.24, 2.45) is 0 Å². The number of rotatable bonds is 4. The number of anilines is 1. The molecule has 1 unspecified atom stereocenters. The monoisotopic (exact) mass is 394 g/mol. The fraction of sp³-hybridized carbons (Fsp3) is 0.478. The summed E-state index contributed by atoms with van der Waals surface area (Å²) in [7, 11) is 0. The van der Waals surface area contributed by atoms with Crippen LogP contribution in [0.5, 0.6) is 11.5 Å². The minimum absolute atomic E-state index is 0.0928. The van der Waals surface area contributed by atoms with Gasteiger partial charge in [-0.3, -0.25) is 4.90 Å². The van der Waals surface area contributed by atoms with Crippen molar-refractivity contribution in [3.05, 3.63) is 52.9 Å². The van der Waals surface area contributed by atoms with Crippen molar-refractivity contribution in [3.8, 4) is 11.5 Å². The fourth-order valence-electron chi connectivity index (χ4n) is 4.53. The molecule has 1 aliphatic carbocycles. The highest BCUT2D eigenvalue weighted by molar-refractivity contribution is 5.55. The van der Waals surface area contributed by atoms with Gasteiger partial charge in [0.05, 0.1) is 0 Å². The Balaban J connectivity index is 1.51. The van der Waals surface area contributed by atoms with Crippen molar-refractivity contribution in [2.75, 3.05) is 31.1 Å². The highest BCUT2D eigenvalue weighted by Gasteiger charge is 2.26. The molecule has 2 aliphatic rings. The minimum Gasteiger partial charge on any atom is -0.507 e. The summed E-state index contributed by atoms with van der Waals surface area (Å²) in [6, 6.07) is 3.65. The number of allylic oxidation sites excluding steroid dienone is 2. The first kappa shape index (κ1) is 19.7. The molecule has 0 bridgehead atoms. The van der Waals surface area contributed by atoms with Crippen LogP contribution in [-0.4, -0.2) is 51.3 Å². The third-order valence-electron chi connectivity index (χ3n) is 6.18. The first-order valence-electron chi connectivity index (χ1n) is 10.5. The van der Waals surface area contributed by atoms with Gasteiger partial charge in [0.15, 0.2) is 0 Å². The van der Waals surface area contributed by atoms with Gasteiger partial charge in [0, 0.05) is 62.2 Å². The Labute approximate surface area is 172 Å². The van der Waals surface area contributed by atoms with Crippen LogP contribution in [0.15, 0.2) is 36.2 Å². The molecule has 154 valence electrons. The summed E-state index contributed by atoms with van der Waals surface area (Å²) in [4.78, 5) is 13.2. The number of benzene rings is 1. The Morgan fingerprint density at radius 3 is 2.48 bits per heavy atom. The average molecular weight is 395 g/mol. The van der Waals surface area contributed by atoms with E-state index in [1.54, 1.807) is 12.4 Å². The molecule has 29 heavy (non-hydrogen) atoms. The van der Waals surface area contributed by atoms with Gasteiger partial charge in [-0.05, 0) is 50.8 Å². The van der Waals surface area contributed by atoms with Crippen molar-refractivity contribution in [2.45, 2.75) is 45.6 Å². The largest absolute Gasteiger partial charge is 0.507 e. The lowest BCUT2D eigenvalue weighted by atomic mass is 9.83. The van der Waals surface area contributed by atoms with Gasteiger partial charge in [-0.1, -0.05) is 11.6 Å². The smallest absolute Gasteiger partial charge is 0.225 e. The maximum Gasteiger partial charge on any atom is 0.225 e. The summed E-state index contributed by atoms with van der Waals surface area (Å²) < 4.78 is 0. The number of phenolic OH excluding ortho intramolecular Hbond substituents is 2. The highest BCUT2D eigenvalue weighted by Crippen LogP contribution is 2.43. The molecule has 1 aromatic carbocycles. The first-order chi connectivity index (χ1) is 14.0. The third kappa shape index (κ3) is 4.22. The van der Waals surface area contributed by atoms with Crippen molar-refractivity contribution in [3.63, 3.8) is 0 Å². The number of piperazine rings is 1. The lowest BCUT2D eigenvalue weighted by Gasteiger charge is -2.35. The number of hydrogen-bond acceptors (Lipinski definition) is 6. The molecule has 1 fully saturated rings. The molecule has 6 nitrogen and oxygen atoms in total. The van der Waals surface area contributed by atoms with Crippen LogP contribution in [0.25, 0.3) is 0 Å². The molecular formula is C23H30N4O2. The number of hydrogen-bond donors (Lipinski definition) is 2. The second-order valence-corrected chi connectivity index (χ2v) is 8.28. The lowest BCUT2D eigenvalue weighted by Crippen LogP contribution is -2.46. The van der Waals surface area contributed by atoms with Crippen LogP contribution in [0, 0.1) is 6.92 Å². The summed E-state index contributed by atoms with van der Waals surface area (Å²) in [6.07, 6.45) is 8.92. The molecule has 1 saturated heterocycles. The van der Waals surface area contributed by atoms with Crippen molar-refractivity contribution >= 4 is 5.95 Å². The molecule has 1 atom stereocenters. The fourth-order valence-corrected chi connectivity index (χ4v) is 4.53. The van der Waals surface area contributed by atoms with Gasteiger partial charge in [0.25, 0.3) is 0 Å². The van der Waals surface area contributed by atoms with E-state index in [1.165, 1.54) is 5.57 Å². The zero-order valence-electron chi connectivity index (χ0n) is 17.3. The third-order valence-corrected chi connectivity index (χ3v) is 6.18. The van der Waals surface area contributed by atoms with E-state index in [2.05, 4.69) is 32.8 Å². The molecule has 0 saturated carbocycles.